The quantitative estimate of drug-likeness (QED) is 0.678. The van der Waals surface area contributed by atoms with Crippen molar-refractivity contribution in [2.45, 2.75) is 25.7 Å². The summed E-state index contributed by atoms with van der Waals surface area (Å²) in [4.78, 5) is 27.9. The van der Waals surface area contributed by atoms with Crippen LogP contribution < -0.4 is 11.2 Å². The molecule has 0 atom stereocenters. The molecule has 4 rings (SSSR count). The van der Waals surface area contributed by atoms with Crippen molar-refractivity contribution in [1.29, 1.82) is 0 Å². The number of allylic oxidation sites excluding steroid dienone is 1. The number of carbonyl (C=O) groups is 1. The fourth-order valence-corrected chi connectivity index (χ4v) is 3.52. The molecule has 1 fully saturated rings. The maximum Gasteiger partial charge on any atom is 0.339 e. The van der Waals surface area contributed by atoms with E-state index >= 15 is 0 Å². The number of carboxylic acids is 1. The summed E-state index contributed by atoms with van der Waals surface area (Å²) in [7, 11) is 0. The van der Waals surface area contributed by atoms with Crippen LogP contribution in [0.5, 0.6) is 0 Å². The Kier molecular flexibility index (Phi) is 4.14. The number of aromatic nitrogens is 1. The van der Waals surface area contributed by atoms with Crippen LogP contribution in [0.2, 0.25) is 0 Å². The lowest BCUT2D eigenvalue weighted by Crippen LogP contribution is -2.10. The van der Waals surface area contributed by atoms with Gasteiger partial charge in [-0.15, -0.1) is 0 Å². The van der Waals surface area contributed by atoms with Gasteiger partial charge >= 0.3 is 5.97 Å². The summed E-state index contributed by atoms with van der Waals surface area (Å²) in [6.45, 7) is 0. The lowest BCUT2D eigenvalue weighted by molar-refractivity contribution is 0.0698. The third-order valence-electron chi connectivity index (χ3n) is 4.99. The van der Waals surface area contributed by atoms with Gasteiger partial charge in [-0.3, -0.25) is 4.79 Å². The second kappa shape index (κ2) is 6.50. The molecule has 0 bridgehead atoms. The van der Waals surface area contributed by atoms with Gasteiger partial charge in [0, 0.05) is 11.6 Å². The fraction of sp³-hybridized carbons (Fsp3) is 0.250. The minimum absolute atomic E-state index is 0.00793. The molecule has 2 aromatic heterocycles. The highest BCUT2D eigenvalue weighted by Gasteiger charge is 2.17. The van der Waals surface area contributed by atoms with E-state index < -0.39 is 17.2 Å². The number of hydrogen-bond acceptors (Lipinski definition) is 5. The number of anilines is 1. The Morgan fingerprint density at radius 1 is 1.26 bits per heavy atom. The van der Waals surface area contributed by atoms with Crippen LogP contribution >= 0.6 is 0 Å². The van der Waals surface area contributed by atoms with Crippen LogP contribution in [-0.4, -0.2) is 16.1 Å². The van der Waals surface area contributed by atoms with Crippen molar-refractivity contribution in [3.63, 3.8) is 0 Å². The Morgan fingerprint density at radius 3 is 2.70 bits per heavy atom. The zero-order valence-electron chi connectivity index (χ0n) is 14.4. The molecule has 7 heteroatoms. The lowest BCUT2D eigenvalue weighted by atomic mass is 10.0. The van der Waals surface area contributed by atoms with Crippen molar-refractivity contribution >= 4 is 39.9 Å². The average molecular weight is 368 g/mol. The molecular formula is C20H17FN2O4. The van der Waals surface area contributed by atoms with Gasteiger partial charge in [-0.1, -0.05) is 25.0 Å². The SMILES string of the molecule is Nc1nc2oc3cc(F)c(C=CC4CCCC4)cc3c(=O)c2cc1C(=O)O. The zero-order valence-corrected chi connectivity index (χ0v) is 14.4. The Labute approximate surface area is 153 Å². The molecule has 0 amide bonds. The van der Waals surface area contributed by atoms with Gasteiger partial charge in [-0.2, -0.15) is 4.98 Å². The van der Waals surface area contributed by atoms with Crippen molar-refractivity contribution in [2.75, 3.05) is 5.73 Å². The van der Waals surface area contributed by atoms with E-state index in [1.807, 2.05) is 6.08 Å². The van der Waals surface area contributed by atoms with Gasteiger partial charge in [-0.05, 0) is 30.9 Å². The molecule has 2 heterocycles. The molecule has 1 saturated carbocycles. The number of pyridine rings is 1. The van der Waals surface area contributed by atoms with E-state index in [0.29, 0.717) is 11.5 Å². The number of hydrogen-bond donors (Lipinski definition) is 2. The molecule has 6 nitrogen and oxygen atoms in total. The van der Waals surface area contributed by atoms with Crippen LogP contribution in [0.4, 0.5) is 10.2 Å². The largest absolute Gasteiger partial charge is 0.478 e. The third kappa shape index (κ3) is 3.05. The van der Waals surface area contributed by atoms with Gasteiger partial charge in [0.25, 0.3) is 0 Å². The smallest absolute Gasteiger partial charge is 0.339 e. The maximum absolute atomic E-state index is 14.4. The standard InChI is InChI=1S/C20H17FN2O4/c21-15-9-16-12(7-11(15)6-5-10-3-1-2-4-10)17(24)13-8-14(20(25)26)18(22)23-19(13)27-16/h5-10H,1-4H2,(H2,22,23)(H,25,26). The Morgan fingerprint density at radius 2 is 2.00 bits per heavy atom. The third-order valence-corrected chi connectivity index (χ3v) is 4.99. The number of nitrogens with zero attached hydrogens (tertiary/aromatic N) is 1. The Balaban J connectivity index is 1.90. The van der Waals surface area contributed by atoms with Crippen LogP contribution in [-0.2, 0) is 0 Å². The van der Waals surface area contributed by atoms with Crippen molar-refractivity contribution in [3.05, 3.63) is 51.4 Å². The van der Waals surface area contributed by atoms with Crippen LogP contribution in [0.15, 0.2) is 33.5 Å². The summed E-state index contributed by atoms with van der Waals surface area (Å²) in [5, 5.41) is 9.33. The van der Waals surface area contributed by atoms with E-state index in [2.05, 4.69) is 4.98 Å². The molecule has 1 aliphatic carbocycles. The predicted molar refractivity (Wildman–Crippen MR) is 100 cm³/mol. The van der Waals surface area contributed by atoms with Crippen LogP contribution in [0, 0.1) is 11.7 Å². The molecule has 0 radical (unpaired) electrons. The zero-order chi connectivity index (χ0) is 19.1. The molecule has 0 spiro atoms. The molecule has 0 aliphatic heterocycles. The molecule has 1 aliphatic rings. The number of fused-ring (bicyclic) bond motifs is 2. The number of carboxylic acid groups (broad SMARTS) is 1. The number of benzene rings is 1. The summed E-state index contributed by atoms with van der Waals surface area (Å²) in [5.74, 6) is -1.64. The topological polar surface area (TPSA) is 106 Å². The molecule has 138 valence electrons. The van der Waals surface area contributed by atoms with E-state index in [1.54, 1.807) is 6.08 Å². The van der Waals surface area contributed by atoms with Crippen molar-refractivity contribution in [1.82, 2.24) is 4.98 Å². The minimum atomic E-state index is -1.29. The number of halogens is 1. The van der Waals surface area contributed by atoms with E-state index in [-0.39, 0.29) is 33.5 Å². The monoisotopic (exact) mass is 368 g/mol. The van der Waals surface area contributed by atoms with Crippen molar-refractivity contribution < 1.29 is 18.7 Å². The van der Waals surface area contributed by atoms with Crippen LogP contribution in [0.25, 0.3) is 28.1 Å². The summed E-state index contributed by atoms with van der Waals surface area (Å²) >= 11 is 0. The summed E-state index contributed by atoms with van der Waals surface area (Å²) in [5.41, 5.74) is 5.06. The maximum atomic E-state index is 14.4. The highest BCUT2D eigenvalue weighted by atomic mass is 19.1. The minimum Gasteiger partial charge on any atom is -0.478 e. The second-order valence-electron chi connectivity index (χ2n) is 6.78. The first kappa shape index (κ1) is 17.2. The molecule has 0 saturated heterocycles. The molecule has 3 N–H and O–H groups in total. The highest BCUT2D eigenvalue weighted by molar-refractivity contribution is 5.98. The number of nitrogens with two attached hydrogens (primary N) is 1. The summed E-state index contributed by atoms with van der Waals surface area (Å²) in [6.07, 6.45) is 8.19. The van der Waals surface area contributed by atoms with Crippen LogP contribution in [0.3, 0.4) is 0 Å². The van der Waals surface area contributed by atoms with E-state index in [9.17, 15) is 19.1 Å². The van der Waals surface area contributed by atoms with Gasteiger partial charge in [-0.25, -0.2) is 9.18 Å². The molecule has 27 heavy (non-hydrogen) atoms. The first-order valence-corrected chi connectivity index (χ1v) is 8.72. The summed E-state index contributed by atoms with van der Waals surface area (Å²) < 4.78 is 19.9. The van der Waals surface area contributed by atoms with Gasteiger partial charge < -0.3 is 15.3 Å². The summed E-state index contributed by atoms with van der Waals surface area (Å²) in [6, 6.07) is 3.72. The average Bonchev–Trinajstić information content (AvgIpc) is 3.13. The fourth-order valence-electron chi connectivity index (χ4n) is 3.52. The van der Waals surface area contributed by atoms with Gasteiger partial charge in [0.1, 0.15) is 22.8 Å². The van der Waals surface area contributed by atoms with E-state index in [1.165, 1.54) is 18.9 Å². The first-order valence-electron chi connectivity index (χ1n) is 8.72. The number of nitrogen functional groups attached to an aromatic ring is 1. The van der Waals surface area contributed by atoms with E-state index in [0.717, 1.165) is 25.0 Å². The molecule has 3 aromatic rings. The van der Waals surface area contributed by atoms with Gasteiger partial charge in [0.05, 0.1) is 10.8 Å². The number of rotatable bonds is 3. The highest BCUT2D eigenvalue weighted by Crippen LogP contribution is 2.28. The number of aromatic carboxylic acids is 1. The van der Waals surface area contributed by atoms with Crippen LogP contribution in [0.1, 0.15) is 41.6 Å². The lowest BCUT2D eigenvalue weighted by Gasteiger charge is -2.06. The Hall–Kier alpha value is -3.22. The predicted octanol–water partition coefficient (Wildman–Crippen LogP) is 3.96. The molecule has 1 aromatic carbocycles. The van der Waals surface area contributed by atoms with Crippen molar-refractivity contribution in [2.24, 2.45) is 5.92 Å². The van der Waals surface area contributed by atoms with Crippen molar-refractivity contribution in [3.8, 4) is 0 Å². The molecule has 0 unspecified atom stereocenters. The first-order chi connectivity index (χ1) is 12.9. The normalized spacial score (nSPS) is 15.3. The van der Waals surface area contributed by atoms with Gasteiger partial charge in [0.15, 0.2) is 0 Å². The molecular weight excluding hydrogens is 351 g/mol. The second-order valence-corrected chi connectivity index (χ2v) is 6.78. The van der Waals surface area contributed by atoms with E-state index in [4.69, 9.17) is 10.2 Å². The Bertz CT molecular complexity index is 1160. The van der Waals surface area contributed by atoms with Gasteiger partial charge in [0.2, 0.25) is 11.1 Å².